The van der Waals surface area contributed by atoms with E-state index < -0.39 is 0 Å². The summed E-state index contributed by atoms with van der Waals surface area (Å²) in [6, 6.07) is 8.61. The SMILES string of the molecule is CC(C)(C)c1ccc(-c2nc3n(n2)CCC(CN)C3)cc1. The molecule has 2 aromatic rings. The number of nitrogens with zero attached hydrogens (tertiary/aromatic N) is 3. The Morgan fingerprint density at radius 3 is 2.57 bits per heavy atom. The van der Waals surface area contributed by atoms with E-state index >= 15 is 0 Å². The molecule has 21 heavy (non-hydrogen) atoms. The van der Waals surface area contributed by atoms with E-state index in [-0.39, 0.29) is 5.41 Å². The average Bonchev–Trinajstić information content (AvgIpc) is 2.89. The third-order valence-corrected chi connectivity index (χ3v) is 4.31. The van der Waals surface area contributed by atoms with Gasteiger partial charge in [-0.1, -0.05) is 45.0 Å². The van der Waals surface area contributed by atoms with E-state index in [1.807, 2.05) is 4.68 Å². The zero-order valence-corrected chi connectivity index (χ0v) is 13.1. The summed E-state index contributed by atoms with van der Waals surface area (Å²) in [5.41, 5.74) is 8.38. The number of hydrogen-bond acceptors (Lipinski definition) is 3. The number of hydrogen-bond donors (Lipinski definition) is 1. The van der Waals surface area contributed by atoms with Crippen LogP contribution in [0.3, 0.4) is 0 Å². The Kier molecular flexibility index (Phi) is 3.57. The first-order valence-corrected chi connectivity index (χ1v) is 7.72. The van der Waals surface area contributed by atoms with Crippen LogP contribution in [0, 0.1) is 5.92 Å². The third-order valence-electron chi connectivity index (χ3n) is 4.31. The fourth-order valence-electron chi connectivity index (χ4n) is 2.81. The van der Waals surface area contributed by atoms with Crippen molar-refractivity contribution >= 4 is 0 Å². The zero-order chi connectivity index (χ0) is 15.0. The summed E-state index contributed by atoms with van der Waals surface area (Å²) in [5, 5.41) is 4.65. The predicted octanol–water partition coefficient (Wildman–Crippen LogP) is 2.76. The lowest BCUT2D eigenvalue weighted by atomic mass is 9.87. The van der Waals surface area contributed by atoms with Crippen molar-refractivity contribution in [1.29, 1.82) is 0 Å². The van der Waals surface area contributed by atoms with Gasteiger partial charge in [0.25, 0.3) is 0 Å². The highest BCUT2D eigenvalue weighted by Gasteiger charge is 2.21. The van der Waals surface area contributed by atoms with Gasteiger partial charge in [-0.25, -0.2) is 9.67 Å². The first-order chi connectivity index (χ1) is 9.97. The van der Waals surface area contributed by atoms with Gasteiger partial charge in [0.15, 0.2) is 5.82 Å². The minimum Gasteiger partial charge on any atom is -0.330 e. The molecular weight excluding hydrogens is 260 g/mol. The van der Waals surface area contributed by atoms with Crippen molar-refractivity contribution in [2.75, 3.05) is 6.54 Å². The van der Waals surface area contributed by atoms with Crippen molar-refractivity contribution in [3.63, 3.8) is 0 Å². The van der Waals surface area contributed by atoms with Crippen molar-refractivity contribution in [2.45, 2.75) is 45.6 Å². The Hall–Kier alpha value is -1.68. The molecule has 1 aromatic carbocycles. The van der Waals surface area contributed by atoms with Crippen LogP contribution in [0.1, 0.15) is 38.6 Å². The van der Waals surface area contributed by atoms with Gasteiger partial charge in [-0.3, -0.25) is 0 Å². The quantitative estimate of drug-likeness (QED) is 0.922. The Morgan fingerprint density at radius 2 is 1.95 bits per heavy atom. The second-order valence-corrected chi connectivity index (χ2v) is 7.00. The molecule has 0 aliphatic carbocycles. The molecule has 4 nitrogen and oxygen atoms in total. The van der Waals surface area contributed by atoms with Crippen molar-refractivity contribution in [3.8, 4) is 11.4 Å². The molecule has 0 saturated heterocycles. The summed E-state index contributed by atoms with van der Waals surface area (Å²) >= 11 is 0. The van der Waals surface area contributed by atoms with Crippen molar-refractivity contribution in [1.82, 2.24) is 14.8 Å². The number of nitrogens with two attached hydrogens (primary N) is 1. The Morgan fingerprint density at radius 1 is 1.24 bits per heavy atom. The van der Waals surface area contributed by atoms with Gasteiger partial charge in [0.1, 0.15) is 5.82 Å². The van der Waals surface area contributed by atoms with E-state index in [0.717, 1.165) is 43.1 Å². The van der Waals surface area contributed by atoms with Crippen LogP contribution in [0.5, 0.6) is 0 Å². The Labute approximate surface area is 126 Å². The molecule has 1 aliphatic heterocycles. The largest absolute Gasteiger partial charge is 0.330 e. The average molecular weight is 284 g/mol. The molecule has 2 heterocycles. The first kappa shape index (κ1) is 14.3. The molecule has 0 fully saturated rings. The Balaban J connectivity index is 1.87. The van der Waals surface area contributed by atoms with Crippen LogP contribution < -0.4 is 5.73 Å². The Bertz CT molecular complexity index is 619. The zero-order valence-electron chi connectivity index (χ0n) is 13.1. The lowest BCUT2D eigenvalue weighted by Gasteiger charge is -2.19. The minimum atomic E-state index is 0.174. The molecule has 1 unspecified atom stereocenters. The lowest BCUT2D eigenvalue weighted by Crippen LogP contribution is -2.25. The van der Waals surface area contributed by atoms with Crippen LogP contribution in [0.25, 0.3) is 11.4 Å². The van der Waals surface area contributed by atoms with Crippen molar-refractivity contribution < 1.29 is 0 Å². The molecule has 1 aliphatic rings. The standard InChI is InChI=1S/C17H24N4/c1-17(2,3)14-6-4-13(5-7-14)16-19-15-10-12(11-18)8-9-21(15)20-16/h4-7,12H,8-11,18H2,1-3H3. The second-order valence-electron chi connectivity index (χ2n) is 7.00. The summed E-state index contributed by atoms with van der Waals surface area (Å²) in [6.07, 6.45) is 2.05. The summed E-state index contributed by atoms with van der Waals surface area (Å²) in [5.74, 6) is 2.47. The van der Waals surface area contributed by atoms with Gasteiger partial charge < -0.3 is 5.73 Å². The van der Waals surface area contributed by atoms with E-state index in [1.165, 1.54) is 5.56 Å². The lowest BCUT2D eigenvalue weighted by molar-refractivity contribution is 0.369. The number of rotatable bonds is 2. The van der Waals surface area contributed by atoms with Crippen LogP contribution in [-0.4, -0.2) is 21.3 Å². The summed E-state index contributed by atoms with van der Waals surface area (Å²) in [7, 11) is 0. The molecular formula is C17H24N4. The maximum Gasteiger partial charge on any atom is 0.181 e. The molecule has 0 spiro atoms. The summed E-state index contributed by atoms with van der Waals surface area (Å²) < 4.78 is 2.04. The van der Waals surface area contributed by atoms with Gasteiger partial charge in [-0.15, -0.1) is 0 Å². The van der Waals surface area contributed by atoms with Crippen LogP contribution in [0.15, 0.2) is 24.3 Å². The third kappa shape index (κ3) is 2.86. The maximum absolute atomic E-state index is 5.78. The first-order valence-electron chi connectivity index (χ1n) is 7.72. The highest BCUT2D eigenvalue weighted by Crippen LogP contribution is 2.26. The monoisotopic (exact) mass is 284 g/mol. The number of aromatic nitrogens is 3. The van der Waals surface area contributed by atoms with Crippen LogP contribution in [-0.2, 0) is 18.4 Å². The molecule has 0 bridgehead atoms. The fraction of sp³-hybridized carbons (Fsp3) is 0.529. The van der Waals surface area contributed by atoms with Gasteiger partial charge in [0, 0.05) is 18.5 Å². The highest BCUT2D eigenvalue weighted by molar-refractivity contribution is 5.55. The maximum atomic E-state index is 5.78. The van der Waals surface area contributed by atoms with Gasteiger partial charge in [-0.05, 0) is 29.9 Å². The highest BCUT2D eigenvalue weighted by atomic mass is 15.3. The van der Waals surface area contributed by atoms with E-state index in [0.29, 0.717) is 5.92 Å². The van der Waals surface area contributed by atoms with E-state index in [2.05, 4.69) is 50.1 Å². The molecule has 1 aromatic heterocycles. The molecule has 3 rings (SSSR count). The topological polar surface area (TPSA) is 56.7 Å². The van der Waals surface area contributed by atoms with Crippen molar-refractivity contribution in [2.24, 2.45) is 11.7 Å². The van der Waals surface area contributed by atoms with E-state index in [4.69, 9.17) is 10.7 Å². The molecule has 0 radical (unpaired) electrons. The normalized spacial score (nSPS) is 18.6. The van der Waals surface area contributed by atoms with Crippen LogP contribution in [0.4, 0.5) is 0 Å². The predicted molar refractivity (Wildman–Crippen MR) is 85.0 cm³/mol. The summed E-state index contributed by atoms with van der Waals surface area (Å²) in [6.45, 7) is 8.35. The summed E-state index contributed by atoms with van der Waals surface area (Å²) in [4.78, 5) is 4.71. The van der Waals surface area contributed by atoms with Gasteiger partial charge >= 0.3 is 0 Å². The molecule has 4 heteroatoms. The van der Waals surface area contributed by atoms with E-state index in [1.54, 1.807) is 0 Å². The van der Waals surface area contributed by atoms with Gasteiger partial charge in [0.2, 0.25) is 0 Å². The molecule has 1 atom stereocenters. The smallest absolute Gasteiger partial charge is 0.181 e. The molecule has 2 N–H and O–H groups in total. The van der Waals surface area contributed by atoms with Crippen molar-refractivity contribution in [3.05, 3.63) is 35.7 Å². The van der Waals surface area contributed by atoms with Gasteiger partial charge in [-0.2, -0.15) is 5.10 Å². The second kappa shape index (κ2) is 5.26. The number of benzene rings is 1. The minimum absolute atomic E-state index is 0.174. The fourth-order valence-corrected chi connectivity index (χ4v) is 2.81. The number of fused-ring (bicyclic) bond motifs is 1. The molecule has 0 amide bonds. The van der Waals surface area contributed by atoms with Crippen LogP contribution in [0.2, 0.25) is 0 Å². The van der Waals surface area contributed by atoms with E-state index in [9.17, 15) is 0 Å². The molecule has 0 saturated carbocycles. The van der Waals surface area contributed by atoms with Gasteiger partial charge in [0.05, 0.1) is 0 Å². The number of aryl methyl sites for hydroxylation is 1. The van der Waals surface area contributed by atoms with Crippen LogP contribution >= 0.6 is 0 Å². The molecule has 112 valence electrons.